The van der Waals surface area contributed by atoms with Crippen molar-refractivity contribution in [1.29, 1.82) is 0 Å². The van der Waals surface area contributed by atoms with Gasteiger partial charge in [-0.25, -0.2) is 9.07 Å². The Hall–Kier alpha value is -2.40. The van der Waals surface area contributed by atoms with Gasteiger partial charge in [0, 0.05) is 0 Å². The predicted molar refractivity (Wildman–Crippen MR) is 82.7 cm³/mol. The van der Waals surface area contributed by atoms with Crippen LogP contribution in [0.4, 0.5) is 4.39 Å². The fourth-order valence-corrected chi connectivity index (χ4v) is 2.82. The zero-order chi connectivity index (χ0) is 14.9. The highest BCUT2D eigenvalue weighted by Gasteiger charge is 2.20. The smallest absolute Gasteiger partial charge is 0.242 e. The normalized spacial score (nSPS) is 18.0. The van der Waals surface area contributed by atoms with Crippen LogP contribution in [0.5, 0.6) is 5.88 Å². The van der Waals surface area contributed by atoms with Gasteiger partial charge in [0.2, 0.25) is 5.88 Å². The molecule has 0 bridgehead atoms. The molecule has 0 amide bonds. The number of halogens is 1. The SMILES string of the molecule is Fc1ccccc1-n1nc(O[C@@H]2CCCN2)c2ccccc21. The maximum absolute atomic E-state index is 14.1. The largest absolute Gasteiger partial charge is 0.457 e. The summed E-state index contributed by atoms with van der Waals surface area (Å²) < 4.78 is 21.7. The molecule has 1 atom stereocenters. The van der Waals surface area contributed by atoms with Crippen molar-refractivity contribution < 1.29 is 9.13 Å². The van der Waals surface area contributed by atoms with Crippen LogP contribution in [0.1, 0.15) is 12.8 Å². The van der Waals surface area contributed by atoms with Gasteiger partial charge >= 0.3 is 0 Å². The summed E-state index contributed by atoms with van der Waals surface area (Å²) in [6.07, 6.45) is 2.03. The Kier molecular flexibility index (Phi) is 3.27. The minimum absolute atomic E-state index is 0.0209. The van der Waals surface area contributed by atoms with Crippen molar-refractivity contribution in [2.75, 3.05) is 6.54 Å². The van der Waals surface area contributed by atoms with Crippen LogP contribution in [0.25, 0.3) is 16.6 Å². The average Bonchev–Trinajstić information content (AvgIpc) is 3.17. The van der Waals surface area contributed by atoms with Gasteiger partial charge in [-0.1, -0.05) is 24.3 Å². The summed E-state index contributed by atoms with van der Waals surface area (Å²) in [5, 5.41) is 8.67. The highest BCUT2D eigenvalue weighted by molar-refractivity contribution is 5.86. The van der Waals surface area contributed by atoms with Crippen molar-refractivity contribution in [3.8, 4) is 11.6 Å². The molecular weight excluding hydrogens is 281 g/mol. The lowest BCUT2D eigenvalue weighted by Gasteiger charge is -2.11. The number of aromatic nitrogens is 2. The van der Waals surface area contributed by atoms with Crippen molar-refractivity contribution in [2.45, 2.75) is 19.1 Å². The van der Waals surface area contributed by atoms with Crippen molar-refractivity contribution in [3.63, 3.8) is 0 Å². The van der Waals surface area contributed by atoms with Gasteiger partial charge < -0.3 is 4.74 Å². The monoisotopic (exact) mass is 297 g/mol. The van der Waals surface area contributed by atoms with E-state index in [1.54, 1.807) is 22.9 Å². The highest BCUT2D eigenvalue weighted by atomic mass is 19.1. The van der Waals surface area contributed by atoms with Crippen LogP contribution in [-0.4, -0.2) is 22.6 Å². The molecule has 1 N–H and O–H groups in total. The maximum atomic E-state index is 14.1. The molecule has 2 heterocycles. The summed E-state index contributed by atoms with van der Waals surface area (Å²) in [5.74, 6) is 0.236. The number of hydrogen-bond acceptors (Lipinski definition) is 3. The average molecular weight is 297 g/mol. The summed E-state index contributed by atoms with van der Waals surface area (Å²) in [5.41, 5.74) is 1.26. The number of nitrogens with one attached hydrogen (secondary N) is 1. The zero-order valence-corrected chi connectivity index (χ0v) is 12.0. The van der Waals surface area contributed by atoms with Gasteiger partial charge in [0.25, 0.3) is 0 Å². The molecule has 1 aliphatic heterocycles. The van der Waals surface area contributed by atoms with Crippen LogP contribution in [0.2, 0.25) is 0 Å². The van der Waals surface area contributed by atoms with E-state index in [-0.39, 0.29) is 12.0 Å². The van der Waals surface area contributed by atoms with Crippen molar-refractivity contribution in [3.05, 3.63) is 54.3 Å². The molecule has 1 fully saturated rings. The van der Waals surface area contributed by atoms with Crippen LogP contribution in [0, 0.1) is 5.82 Å². The molecule has 112 valence electrons. The number of fused-ring (bicyclic) bond motifs is 1. The van der Waals surface area contributed by atoms with Gasteiger partial charge in [-0.15, -0.1) is 5.10 Å². The molecule has 0 radical (unpaired) electrons. The number of nitrogens with zero attached hydrogens (tertiary/aromatic N) is 2. The Bertz CT molecular complexity index is 809. The van der Waals surface area contributed by atoms with Crippen molar-refractivity contribution in [1.82, 2.24) is 15.1 Å². The topological polar surface area (TPSA) is 39.1 Å². The summed E-state index contributed by atoms with van der Waals surface area (Å²) in [7, 11) is 0. The molecule has 1 aromatic heterocycles. The van der Waals surface area contributed by atoms with Crippen LogP contribution in [0.15, 0.2) is 48.5 Å². The summed E-state index contributed by atoms with van der Waals surface area (Å²) in [6, 6.07) is 14.3. The molecule has 4 rings (SSSR count). The highest BCUT2D eigenvalue weighted by Crippen LogP contribution is 2.29. The van der Waals surface area contributed by atoms with E-state index < -0.39 is 0 Å². The first kappa shape index (κ1) is 13.3. The molecule has 4 nitrogen and oxygen atoms in total. The molecule has 5 heteroatoms. The molecule has 0 aliphatic carbocycles. The van der Waals surface area contributed by atoms with Crippen LogP contribution in [-0.2, 0) is 0 Å². The van der Waals surface area contributed by atoms with E-state index in [1.807, 2.05) is 24.3 Å². The summed E-state index contributed by atoms with van der Waals surface area (Å²) >= 11 is 0. The second-order valence-electron chi connectivity index (χ2n) is 5.39. The first-order valence-corrected chi connectivity index (χ1v) is 7.45. The fraction of sp³-hybridized carbons (Fsp3) is 0.235. The van der Waals surface area contributed by atoms with Crippen molar-refractivity contribution in [2.24, 2.45) is 0 Å². The Morgan fingerprint density at radius 1 is 1.14 bits per heavy atom. The summed E-state index contributed by atoms with van der Waals surface area (Å²) in [6.45, 7) is 0.955. The Labute approximate surface area is 127 Å². The minimum atomic E-state index is -0.304. The molecule has 2 aromatic carbocycles. The second kappa shape index (κ2) is 5.42. The van der Waals surface area contributed by atoms with Crippen molar-refractivity contribution >= 4 is 10.9 Å². The summed E-state index contributed by atoms with van der Waals surface area (Å²) in [4.78, 5) is 0. The van der Waals surface area contributed by atoms with E-state index in [4.69, 9.17) is 4.74 Å². The van der Waals surface area contributed by atoms with E-state index in [2.05, 4.69) is 10.4 Å². The third-order valence-corrected chi connectivity index (χ3v) is 3.90. The lowest BCUT2D eigenvalue weighted by Crippen LogP contribution is -2.27. The van der Waals surface area contributed by atoms with Gasteiger partial charge in [0.05, 0.1) is 10.9 Å². The van der Waals surface area contributed by atoms with Crippen LogP contribution >= 0.6 is 0 Å². The van der Waals surface area contributed by atoms with Gasteiger partial charge in [-0.2, -0.15) is 0 Å². The first-order chi connectivity index (χ1) is 10.8. The Morgan fingerprint density at radius 2 is 1.95 bits per heavy atom. The molecular formula is C17H16FN3O. The second-order valence-corrected chi connectivity index (χ2v) is 5.39. The van der Waals surface area contributed by atoms with Crippen LogP contribution in [0.3, 0.4) is 0 Å². The van der Waals surface area contributed by atoms with E-state index in [1.165, 1.54) is 6.07 Å². The Balaban J connectivity index is 1.83. The third kappa shape index (κ3) is 2.23. The standard InChI is InChI=1S/C17H16FN3O/c18-13-7-2-4-9-15(13)21-14-8-3-1-6-12(14)17(20-21)22-16-10-5-11-19-16/h1-4,6-9,16,19H,5,10-11H2/t16-/m1/s1. The molecule has 0 unspecified atom stereocenters. The quantitative estimate of drug-likeness (QED) is 0.806. The number of rotatable bonds is 3. The van der Waals surface area contributed by atoms with Gasteiger partial charge in [0.15, 0.2) is 6.23 Å². The molecule has 3 aromatic rings. The third-order valence-electron chi connectivity index (χ3n) is 3.90. The maximum Gasteiger partial charge on any atom is 0.242 e. The van der Waals surface area contributed by atoms with E-state index in [0.29, 0.717) is 11.6 Å². The number of benzene rings is 2. The molecule has 1 saturated heterocycles. The van der Waals surface area contributed by atoms with Gasteiger partial charge in [-0.3, -0.25) is 5.32 Å². The fourth-order valence-electron chi connectivity index (χ4n) is 2.82. The van der Waals surface area contributed by atoms with Gasteiger partial charge in [-0.05, 0) is 43.7 Å². The Morgan fingerprint density at radius 3 is 2.77 bits per heavy atom. The number of para-hydroxylation sites is 2. The molecule has 0 spiro atoms. The number of hydrogen-bond donors (Lipinski definition) is 1. The predicted octanol–water partition coefficient (Wildman–Crippen LogP) is 3.25. The molecule has 0 saturated carbocycles. The zero-order valence-electron chi connectivity index (χ0n) is 12.0. The lowest BCUT2D eigenvalue weighted by atomic mass is 10.2. The molecule has 1 aliphatic rings. The lowest BCUT2D eigenvalue weighted by molar-refractivity contribution is 0.181. The first-order valence-electron chi connectivity index (χ1n) is 7.45. The van der Waals surface area contributed by atoms with Crippen LogP contribution < -0.4 is 10.1 Å². The minimum Gasteiger partial charge on any atom is -0.457 e. The van der Waals surface area contributed by atoms with E-state index in [0.717, 1.165) is 30.3 Å². The van der Waals surface area contributed by atoms with E-state index in [9.17, 15) is 4.39 Å². The number of ether oxygens (including phenoxy) is 1. The van der Waals surface area contributed by atoms with E-state index >= 15 is 0 Å². The van der Waals surface area contributed by atoms with Gasteiger partial charge in [0.1, 0.15) is 11.5 Å². The molecule has 22 heavy (non-hydrogen) atoms.